The highest BCUT2D eigenvalue weighted by atomic mass is 16.6. The predicted octanol–water partition coefficient (Wildman–Crippen LogP) is 3.04. The van der Waals surface area contributed by atoms with Gasteiger partial charge < -0.3 is 10.4 Å². The SMILES string of the molecule is O=[N+]([O-])c1cccc(O)c1Nc1ccccc1. The van der Waals surface area contributed by atoms with Crippen LogP contribution < -0.4 is 5.32 Å². The van der Waals surface area contributed by atoms with Crippen LogP contribution in [0, 0.1) is 10.1 Å². The summed E-state index contributed by atoms with van der Waals surface area (Å²) in [6.45, 7) is 0. The Labute approximate surface area is 97.5 Å². The largest absolute Gasteiger partial charge is 0.505 e. The number of nitrogens with one attached hydrogen (secondary N) is 1. The highest BCUT2D eigenvalue weighted by molar-refractivity contribution is 5.75. The van der Waals surface area contributed by atoms with Gasteiger partial charge in [-0.1, -0.05) is 24.3 Å². The van der Waals surface area contributed by atoms with Crippen molar-refractivity contribution in [1.29, 1.82) is 0 Å². The monoisotopic (exact) mass is 230 g/mol. The molecule has 2 aromatic carbocycles. The molecule has 2 rings (SSSR count). The molecule has 0 heterocycles. The number of benzene rings is 2. The second-order valence-corrected chi connectivity index (χ2v) is 3.42. The van der Waals surface area contributed by atoms with E-state index in [4.69, 9.17) is 0 Å². The summed E-state index contributed by atoms with van der Waals surface area (Å²) in [5.41, 5.74) is 0.620. The van der Waals surface area contributed by atoms with Crippen LogP contribution in [0.4, 0.5) is 17.1 Å². The van der Waals surface area contributed by atoms with E-state index in [1.54, 1.807) is 24.3 Å². The van der Waals surface area contributed by atoms with Crippen molar-refractivity contribution in [1.82, 2.24) is 0 Å². The number of hydrogen-bond donors (Lipinski definition) is 2. The first kappa shape index (κ1) is 10.9. The normalized spacial score (nSPS) is 9.88. The van der Waals surface area contributed by atoms with Gasteiger partial charge in [0.1, 0.15) is 5.75 Å². The minimum absolute atomic E-state index is 0.101. The maximum Gasteiger partial charge on any atom is 0.296 e. The molecule has 0 saturated carbocycles. The van der Waals surface area contributed by atoms with Crippen LogP contribution in [0.25, 0.3) is 0 Å². The van der Waals surface area contributed by atoms with E-state index in [0.29, 0.717) is 5.69 Å². The molecule has 5 heteroatoms. The lowest BCUT2D eigenvalue weighted by atomic mass is 10.2. The molecular weight excluding hydrogens is 220 g/mol. The summed E-state index contributed by atoms with van der Waals surface area (Å²) in [6.07, 6.45) is 0. The summed E-state index contributed by atoms with van der Waals surface area (Å²) in [6, 6.07) is 13.1. The number of nitro benzene ring substituents is 1. The predicted molar refractivity (Wildman–Crippen MR) is 64.5 cm³/mol. The molecule has 5 nitrogen and oxygen atoms in total. The molecule has 86 valence electrons. The number of para-hydroxylation sites is 2. The second kappa shape index (κ2) is 4.52. The number of phenolic OH excluding ortho intramolecular Hbond substituents is 1. The van der Waals surface area contributed by atoms with Gasteiger partial charge in [0.05, 0.1) is 4.92 Å². The Bertz CT molecular complexity index is 541. The Balaban J connectivity index is 2.41. The molecule has 2 N–H and O–H groups in total. The van der Waals surface area contributed by atoms with Gasteiger partial charge in [-0.25, -0.2) is 0 Å². The van der Waals surface area contributed by atoms with Crippen molar-refractivity contribution in [2.45, 2.75) is 0 Å². The molecule has 0 saturated heterocycles. The number of aromatic hydroxyl groups is 1. The molecule has 0 aliphatic heterocycles. The van der Waals surface area contributed by atoms with E-state index < -0.39 is 4.92 Å². The molecular formula is C12H10N2O3. The van der Waals surface area contributed by atoms with Gasteiger partial charge in [-0.05, 0) is 18.2 Å². The molecule has 0 atom stereocenters. The fourth-order valence-electron chi connectivity index (χ4n) is 1.47. The highest BCUT2D eigenvalue weighted by Crippen LogP contribution is 2.35. The summed E-state index contributed by atoms with van der Waals surface area (Å²) in [4.78, 5) is 10.3. The lowest BCUT2D eigenvalue weighted by Crippen LogP contribution is -1.97. The zero-order valence-electron chi connectivity index (χ0n) is 8.83. The maximum absolute atomic E-state index is 10.8. The highest BCUT2D eigenvalue weighted by Gasteiger charge is 2.16. The Morgan fingerprint density at radius 2 is 1.76 bits per heavy atom. The minimum atomic E-state index is -0.537. The third-order valence-electron chi connectivity index (χ3n) is 2.26. The Morgan fingerprint density at radius 3 is 2.41 bits per heavy atom. The number of hydrogen-bond acceptors (Lipinski definition) is 4. The van der Waals surface area contributed by atoms with Crippen LogP contribution in [0.5, 0.6) is 5.75 Å². The molecule has 0 unspecified atom stereocenters. The van der Waals surface area contributed by atoms with Gasteiger partial charge in [0, 0.05) is 11.8 Å². The number of rotatable bonds is 3. The third-order valence-corrected chi connectivity index (χ3v) is 2.26. The summed E-state index contributed by atoms with van der Waals surface area (Å²) in [5.74, 6) is -0.150. The molecule has 17 heavy (non-hydrogen) atoms. The number of nitrogens with zero attached hydrogens (tertiary/aromatic N) is 1. The summed E-state index contributed by atoms with van der Waals surface area (Å²) in [7, 11) is 0. The van der Waals surface area contributed by atoms with E-state index >= 15 is 0 Å². The van der Waals surface area contributed by atoms with Gasteiger partial charge in [-0.2, -0.15) is 0 Å². The van der Waals surface area contributed by atoms with Crippen molar-refractivity contribution in [3.05, 3.63) is 58.6 Å². The van der Waals surface area contributed by atoms with E-state index in [1.165, 1.54) is 18.2 Å². The first-order valence-electron chi connectivity index (χ1n) is 4.97. The molecule has 2 aromatic rings. The van der Waals surface area contributed by atoms with E-state index in [1.807, 2.05) is 6.07 Å². The Hall–Kier alpha value is -2.56. The second-order valence-electron chi connectivity index (χ2n) is 3.42. The van der Waals surface area contributed by atoms with Crippen LogP contribution in [0.1, 0.15) is 0 Å². The van der Waals surface area contributed by atoms with E-state index in [0.717, 1.165) is 0 Å². The summed E-state index contributed by atoms with van der Waals surface area (Å²) >= 11 is 0. The number of nitro groups is 1. The van der Waals surface area contributed by atoms with Crippen molar-refractivity contribution in [3.8, 4) is 5.75 Å². The van der Waals surface area contributed by atoms with Crippen LogP contribution in [0.15, 0.2) is 48.5 Å². The fourth-order valence-corrected chi connectivity index (χ4v) is 1.47. The van der Waals surface area contributed by atoms with Crippen LogP contribution in [-0.4, -0.2) is 10.0 Å². The van der Waals surface area contributed by atoms with Gasteiger partial charge >= 0.3 is 0 Å². The Kier molecular flexibility index (Phi) is 2.91. The van der Waals surface area contributed by atoms with Crippen LogP contribution in [0.3, 0.4) is 0 Å². The van der Waals surface area contributed by atoms with E-state index in [2.05, 4.69) is 5.32 Å². The molecule has 0 spiro atoms. The van der Waals surface area contributed by atoms with Crippen LogP contribution in [-0.2, 0) is 0 Å². The number of phenols is 1. The maximum atomic E-state index is 10.8. The van der Waals surface area contributed by atoms with Gasteiger partial charge in [0.2, 0.25) is 0 Å². The number of anilines is 2. The van der Waals surface area contributed by atoms with Crippen LogP contribution in [0.2, 0.25) is 0 Å². The van der Waals surface area contributed by atoms with Gasteiger partial charge in [0.15, 0.2) is 5.69 Å². The third kappa shape index (κ3) is 2.34. The van der Waals surface area contributed by atoms with Crippen molar-refractivity contribution in [2.75, 3.05) is 5.32 Å². The van der Waals surface area contributed by atoms with Gasteiger partial charge in [0.25, 0.3) is 5.69 Å². The first-order valence-corrected chi connectivity index (χ1v) is 4.97. The lowest BCUT2D eigenvalue weighted by Gasteiger charge is -2.08. The van der Waals surface area contributed by atoms with Crippen molar-refractivity contribution in [2.24, 2.45) is 0 Å². The molecule has 0 aliphatic rings. The molecule has 0 aromatic heterocycles. The smallest absolute Gasteiger partial charge is 0.296 e. The first-order chi connectivity index (χ1) is 8.18. The zero-order valence-corrected chi connectivity index (χ0v) is 8.83. The minimum Gasteiger partial charge on any atom is -0.505 e. The quantitative estimate of drug-likeness (QED) is 0.482. The van der Waals surface area contributed by atoms with E-state index in [-0.39, 0.29) is 17.1 Å². The van der Waals surface area contributed by atoms with Gasteiger partial charge in [-0.15, -0.1) is 0 Å². The van der Waals surface area contributed by atoms with Crippen LogP contribution >= 0.6 is 0 Å². The molecule has 0 amide bonds. The van der Waals surface area contributed by atoms with Crippen molar-refractivity contribution >= 4 is 17.1 Å². The van der Waals surface area contributed by atoms with E-state index in [9.17, 15) is 15.2 Å². The topological polar surface area (TPSA) is 75.4 Å². The standard InChI is InChI=1S/C12H10N2O3/c15-11-8-4-7-10(14(16)17)12(11)13-9-5-2-1-3-6-9/h1-8,13,15H. The lowest BCUT2D eigenvalue weighted by molar-refractivity contribution is -0.384. The fraction of sp³-hybridized carbons (Fsp3) is 0. The zero-order chi connectivity index (χ0) is 12.3. The molecule has 0 bridgehead atoms. The average molecular weight is 230 g/mol. The van der Waals surface area contributed by atoms with Crippen molar-refractivity contribution in [3.63, 3.8) is 0 Å². The molecule has 0 fully saturated rings. The summed E-state index contributed by atoms with van der Waals surface area (Å²) in [5, 5.41) is 23.3. The molecule has 0 aliphatic carbocycles. The van der Waals surface area contributed by atoms with Crippen molar-refractivity contribution < 1.29 is 10.0 Å². The molecule has 0 radical (unpaired) electrons. The average Bonchev–Trinajstić information content (AvgIpc) is 2.33. The van der Waals surface area contributed by atoms with Gasteiger partial charge in [-0.3, -0.25) is 10.1 Å². The Morgan fingerprint density at radius 1 is 1.06 bits per heavy atom. The summed E-state index contributed by atoms with van der Waals surface area (Å²) < 4.78 is 0.